The van der Waals surface area contributed by atoms with Gasteiger partial charge in [0.2, 0.25) is 11.3 Å². The van der Waals surface area contributed by atoms with Gasteiger partial charge >= 0.3 is 0 Å². The number of nitrogens with zero attached hydrogens (tertiary/aromatic N) is 2. The van der Waals surface area contributed by atoms with Crippen molar-refractivity contribution >= 4 is 33.6 Å². The monoisotopic (exact) mass is 375 g/mol. The lowest BCUT2D eigenvalue weighted by molar-refractivity contribution is -0.129. The van der Waals surface area contributed by atoms with Crippen LogP contribution < -0.4 is 16.3 Å². The second-order valence-electron chi connectivity index (χ2n) is 6.32. The van der Waals surface area contributed by atoms with E-state index in [4.69, 9.17) is 0 Å². The largest absolute Gasteiger partial charge is 0.361 e. The molecule has 0 unspecified atom stereocenters. The third-order valence-corrected chi connectivity index (χ3v) is 4.42. The fraction of sp³-hybridized carbons (Fsp3) is 0.100. The number of hydrogen-bond donors (Lipinski definition) is 3. The number of H-pyrrole nitrogens is 1. The van der Waals surface area contributed by atoms with Crippen molar-refractivity contribution < 1.29 is 9.59 Å². The Bertz CT molecular complexity index is 1240. The third kappa shape index (κ3) is 3.48. The highest BCUT2D eigenvalue weighted by Crippen LogP contribution is 2.17. The first-order chi connectivity index (χ1) is 13.6. The van der Waals surface area contributed by atoms with Gasteiger partial charge in [0.05, 0.1) is 18.1 Å². The van der Waals surface area contributed by atoms with E-state index < -0.39 is 5.91 Å². The lowest BCUT2D eigenvalue weighted by Gasteiger charge is -2.10. The second kappa shape index (κ2) is 7.36. The standard InChI is InChI=1S/C20H17N5O3/c26-18-11-22-25(17-8-4-2-6-15(17)18)12-20(28)24-23-19(27)9-13-10-21-16-7-3-1-5-14(13)16/h1-8,10-11,21H,9,12H2,(H,23,27)(H,24,28). The predicted molar refractivity (Wildman–Crippen MR) is 104 cm³/mol. The molecule has 2 aromatic heterocycles. The van der Waals surface area contributed by atoms with E-state index in [0.717, 1.165) is 16.5 Å². The molecular formula is C20H17N5O3. The summed E-state index contributed by atoms with van der Waals surface area (Å²) in [5.74, 6) is -0.788. The molecule has 0 aliphatic carbocycles. The number of aromatic amines is 1. The molecule has 140 valence electrons. The number of benzene rings is 2. The molecule has 0 saturated carbocycles. The van der Waals surface area contributed by atoms with Gasteiger partial charge in [-0.1, -0.05) is 30.3 Å². The van der Waals surface area contributed by atoms with E-state index >= 15 is 0 Å². The molecule has 8 heteroatoms. The van der Waals surface area contributed by atoms with Crippen molar-refractivity contribution in [2.75, 3.05) is 0 Å². The van der Waals surface area contributed by atoms with E-state index in [2.05, 4.69) is 20.9 Å². The van der Waals surface area contributed by atoms with Crippen LogP contribution in [0.25, 0.3) is 21.8 Å². The molecule has 2 amide bonds. The molecule has 4 aromatic rings. The zero-order valence-electron chi connectivity index (χ0n) is 14.8. The Morgan fingerprint density at radius 3 is 2.54 bits per heavy atom. The van der Waals surface area contributed by atoms with Crippen LogP contribution in [0.5, 0.6) is 0 Å². The molecule has 3 N–H and O–H groups in total. The topological polar surface area (TPSA) is 109 Å². The molecule has 2 aromatic carbocycles. The van der Waals surface area contributed by atoms with Crippen molar-refractivity contribution in [3.63, 3.8) is 0 Å². The fourth-order valence-electron chi connectivity index (χ4n) is 3.10. The molecular weight excluding hydrogens is 358 g/mol. The van der Waals surface area contributed by atoms with Gasteiger partial charge in [-0.3, -0.25) is 29.9 Å². The Hall–Kier alpha value is -3.94. The molecule has 0 aliphatic rings. The number of amides is 2. The minimum absolute atomic E-state index is 0.128. The summed E-state index contributed by atoms with van der Waals surface area (Å²) >= 11 is 0. The van der Waals surface area contributed by atoms with Crippen LogP contribution in [-0.2, 0) is 22.6 Å². The summed E-state index contributed by atoms with van der Waals surface area (Å²) in [5, 5.41) is 5.44. The maximum atomic E-state index is 12.2. The molecule has 0 saturated heterocycles. The molecule has 4 rings (SSSR count). The van der Waals surface area contributed by atoms with Gasteiger partial charge in [-0.25, -0.2) is 0 Å². The average Bonchev–Trinajstić information content (AvgIpc) is 3.12. The predicted octanol–water partition coefficient (Wildman–Crippen LogP) is 1.27. The van der Waals surface area contributed by atoms with Gasteiger partial charge in [0.1, 0.15) is 6.54 Å². The van der Waals surface area contributed by atoms with E-state index in [1.165, 1.54) is 10.9 Å². The first-order valence-electron chi connectivity index (χ1n) is 8.69. The minimum Gasteiger partial charge on any atom is -0.361 e. The minimum atomic E-state index is -0.450. The van der Waals surface area contributed by atoms with E-state index in [1.54, 1.807) is 30.5 Å². The SMILES string of the molecule is O=C(Cc1c[nH]c2ccccc12)NNC(=O)Cn1ncc(=O)c2ccccc21. The first kappa shape index (κ1) is 17.5. The Morgan fingerprint density at radius 1 is 0.964 bits per heavy atom. The van der Waals surface area contributed by atoms with Gasteiger partial charge in [-0.05, 0) is 23.8 Å². The van der Waals surface area contributed by atoms with Crippen molar-refractivity contribution in [3.05, 3.63) is 76.7 Å². The second-order valence-corrected chi connectivity index (χ2v) is 6.32. The number of aromatic nitrogens is 3. The summed E-state index contributed by atoms with van der Waals surface area (Å²) in [5.41, 5.74) is 6.93. The molecule has 0 spiro atoms. The van der Waals surface area contributed by atoms with Crippen molar-refractivity contribution in [1.29, 1.82) is 0 Å². The summed E-state index contributed by atoms with van der Waals surface area (Å²) in [6.07, 6.45) is 3.08. The average molecular weight is 375 g/mol. The van der Waals surface area contributed by atoms with Crippen LogP contribution in [-0.4, -0.2) is 26.6 Å². The Morgan fingerprint density at radius 2 is 1.68 bits per heavy atom. The van der Waals surface area contributed by atoms with Crippen LogP contribution in [0.1, 0.15) is 5.56 Å². The number of carbonyl (C=O) groups is 2. The smallest absolute Gasteiger partial charge is 0.260 e. The summed E-state index contributed by atoms with van der Waals surface area (Å²) < 4.78 is 1.41. The molecule has 0 atom stereocenters. The van der Waals surface area contributed by atoms with Crippen LogP contribution in [0.2, 0.25) is 0 Å². The van der Waals surface area contributed by atoms with E-state index in [0.29, 0.717) is 10.9 Å². The van der Waals surface area contributed by atoms with E-state index in [-0.39, 0.29) is 24.3 Å². The summed E-state index contributed by atoms with van der Waals surface area (Å²) in [6, 6.07) is 14.6. The number of nitrogens with one attached hydrogen (secondary N) is 3. The van der Waals surface area contributed by atoms with Gasteiger partial charge in [0.15, 0.2) is 0 Å². The lowest BCUT2D eigenvalue weighted by atomic mass is 10.1. The van der Waals surface area contributed by atoms with Crippen LogP contribution in [0.4, 0.5) is 0 Å². The number of rotatable bonds is 4. The Labute approximate surface area is 159 Å². The third-order valence-electron chi connectivity index (χ3n) is 4.42. The highest BCUT2D eigenvalue weighted by molar-refractivity contribution is 5.90. The number of fused-ring (bicyclic) bond motifs is 2. The van der Waals surface area contributed by atoms with Crippen molar-refractivity contribution in [1.82, 2.24) is 25.6 Å². The van der Waals surface area contributed by atoms with E-state index in [9.17, 15) is 14.4 Å². The van der Waals surface area contributed by atoms with Gasteiger partial charge in [-0.15, -0.1) is 0 Å². The van der Waals surface area contributed by atoms with Gasteiger partial charge in [-0.2, -0.15) is 5.10 Å². The quantitative estimate of drug-likeness (QED) is 0.467. The van der Waals surface area contributed by atoms with Crippen LogP contribution >= 0.6 is 0 Å². The van der Waals surface area contributed by atoms with Gasteiger partial charge in [0.25, 0.3) is 5.91 Å². The zero-order chi connectivity index (χ0) is 19.5. The maximum absolute atomic E-state index is 12.2. The molecule has 8 nitrogen and oxygen atoms in total. The molecule has 0 fully saturated rings. The molecule has 0 radical (unpaired) electrons. The maximum Gasteiger partial charge on any atom is 0.260 e. The molecule has 2 heterocycles. The molecule has 28 heavy (non-hydrogen) atoms. The first-order valence-corrected chi connectivity index (χ1v) is 8.69. The van der Waals surface area contributed by atoms with Gasteiger partial charge in [0, 0.05) is 22.5 Å². The normalized spacial score (nSPS) is 10.9. The van der Waals surface area contributed by atoms with Crippen molar-refractivity contribution in [2.24, 2.45) is 0 Å². The molecule has 0 aliphatic heterocycles. The summed E-state index contributed by atoms with van der Waals surface area (Å²) in [6.45, 7) is -0.131. The number of para-hydroxylation sites is 2. The summed E-state index contributed by atoms with van der Waals surface area (Å²) in [7, 11) is 0. The lowest BCUT2D eigenvalue weighted by Crippen LogP contribution is -2.44. The number of hydrogen-bond acceptors (Lipinski definition) is 4. The van der Waals surface area contributed by atoms with E-state index in [1.807, 2.05) is 24.3 Å². The van der Waals surface area contributed by atoms with Crippen molar-refractivity contribution in [2.45, 2.75) is 13.0 Å². The van der Waals surface area contributed by atoms with Gasteiger partial charge < -0.3 is 4.98 Å². The van der Waals surface area contributed by atoms with Crippen LogP contribution in [0.15, 0.2) is 65.7 Å². The Balaban J connectivity index is 1.39. The highest BCUT2D eigenvalue weighted by atomic mass is 16.2. The van der Waals surface area contributed by atoms with Crippen LogP contribution in [0, 0.1) is 0 Å². The number of carbonyl (C=O) groups excluding carboxylic acids is 2. The number of hydrazine groups is 1. The highest BCUT2D eigenvalue weighted by Gasteiger charge is 2.11. The Kier molecular flexibility index (Phi) is 4.59. The van der Waals surface area contributed by atoms with Crippen molar-refractivity contribution in [3.8, 4) is 0 Å². The van der Waals surface area contributed by atoms with Crippen LogP contribution in [0.3, 0.4) is 0 Å². The zero-order valence-corrected chi connectivity index (χ0v) is 14.8. The fourth-order valence-corrected chi connectivity index (χ4v) is 3.10. The molecule has 0 bridgehead atoms. The summed E-state index contributed by atoms with van der Waals surface area (Å²) in [4.78, 5) is 39.3.